The molecule has 0 spiro atoms. The molecule has 1 heteroatoms. The minimum atomic E-state index is 0.667. The lowest BCUT2D eigenvalue weighted by Crippen LogP contribution is -2.05. The molecule has 0 saturated heterocycles. The summed E-state index contributed by atoms with van der Waals surface area (Å²) in [5.41, 5.74) is 8.43. The monoisotopic (exact) mass is 189 g/mol. The van der Waals surface area contributed by atoms with Crippen molar-refractivity contribution in [2.24, 2.45) is 5.73 Å². The average Bonchev–Trinajstić information content (AvgIpc) is 2.30. The van der Waals surface area contributed by atoms with E-state index in [4.69, 9.17) is 5.73 Å². The molecule has 1 fully saturated rings. The van der Waals surface area contributed by atoms with Crippen LogP contribution in [0.5, 0.6) is 0 Å². The van der Waals surface area contributed by atoms with Crippen molar-refractivity contribution >= 4 is 0 Å². The van der Waals surface area contributed by atoms with Gasteiger partial charge in [-0.15, -0.1) is 0 Å². The number of benzene rings is 1. The highest BCUT2D eigenvalue weighted by Crippen LogP contribution is 2.32. The minimum Gasteiger partial charge on any atom is -0.326 e. The van der Waals surface area contributed by atoms with E-state index in [9.17, 15) is 0 Å². The molecular formula is C13H19N. The molecule has 2 rings (SSSR count). The van der Waals surface area contributed by atoms with Crippen molar-refractivity contribution in [3.63, 3.8) is 0 Å². The molecule has 0 radical (unpaired) electrons. The molecule has 0 bridgehead atoms. The van der Waals surface area contributed by atoms with Crippen LogP contribution in [0.4, 0.5) is 0 Å². The normalized spacial score (nSPS) is 18.4. The predicted molar refractivity (Wildman–Crippen MR) is 60.2 cm³/mol. The molecule has 1 nitrogen and oxygen atoms in total. The molecule has 2 N–H and O–H groups in total. The average molecular weight is 189 g/mol. The molecule has 1 aromatic rings. The highest BCUT2D eigenvalue weighted by atomic mass is 14.5. The van der Waals surface area contributed by atoms with Crippen molar-refractivity contribution in [3.05, 3.63) is 35.4 Å². The van der Waals surface area contributed by atoms with Gasteiger partial charge in [0.25, 0.3) is 0 Å². The van der Waals surface area contributed by atoms with Crippen LogP contribution < -0.4 is 5.73 Å². The number of hydrogen-bond donors (Lipinski definition) is 1. The zero-order chi connectivity index (χ0) is 9.80. The highest BCUT2D eigenvalue weighted by molar-refractivity contribution is 5.26. The van der Waals surface area contributed by atoms with Crippen molar-refractivity contribution in [2.45, 2.75) is 44.6 Å². The summed E-state index contributed by atoms with van der Waals surface area (Å²) in [4.78, 5) is 0. The van der Waals surface area contributed by atoms with Gasteiger partial charge in [-0.2, -0.15) is 0 Å². The molecule has 1 saturated carbocycles. The smallest absolute Gasteiger partial charge is 0.0178 e. The largest absolute Gasteiger partial charge is 0.326 e. The molecule has 1 aromatic carbocycles. The first-order chi connectivity index (χ1) is 6.90. The van der Waals surface area contributed by atoms with Gasteiger partial charge in [0.05, 0.1) is 0 Å². The molecule has 0 unspecified atom stereocenters. The van der Waals surface area contributed by atoms with Gasteiger partial charge in [-0.25, -0.2) is 0 Å². The van der Waals surface area contributed by atoms with E-state index in [0.717, 1.165) is 5.92 Å². The van der Waals surface area contributed by atoms with Crippen LogP contribution in [0.1, 0.15) is 49.1 Å². The van der Waals surface area contributed by atoms with E-state index in [0.29, 0.717) is 6.54 Å². The Morgan fingerprint density at radius 3 is 2.64 bits per heavy atom. The fourth-order valence-electron chi connectivity index (χ4n) is 2.41. The van der Waals surface area contributed by atoms with Gasteiger partial charge in [0.1, 0.15) is 0 Å². The first kappa shape index (κ1) is 9.72. The Bertz CT molecular complexity index is 287. The highest BCUT2D eigenvalue weighted by Gasteiger charge is 2.15. The van der Waals surface area contributed by atoms with E-state index >= 15 is 0 Å². The Morgan fingerprint density at radius 1 is 1.14 bits per heavy atom. The van der Waals surface area contributed by atoms with Gasteiger partial charge in [0, 0.05) is 6.54 Å². The van der Waals surface area contributed by atoms with Crippen LogP contribution >= 0.6 is 0 Å². The maximum absolute atomic E-state index is 5.65. The third-order valence-electron chi connectivity index (χ3n) is 3.26. The number of hydrogen-bond acceptors (Lipinski definition) is 1. The third kappa shape index (κ3) is 2.16. The van der Waals surface area contributed by atoms with E-state index in [1.165, 1.54) is 43.2 Å². The molecule has 14 heavy (non-hydrogen) atoms. The van der Waals surface area contributed by atoms with Crippen LogP contribution in [-0.4, -0.2) is 0 Å². The predicted octanol–water partition coefficient (Wildman–Crippen LogP) is 3.19. The standard InChI is InChI=1S/C13H19N/c14-10-11-5-4-8-13(9-11)12-6-2-1-3-7-12/h4-5,8-9,12H,1-3,6-7,10,14H2. The molecule has 0 aromatic heterocycles. The van der Waals surface area contributed by atoms with Crippen LogP contribution in [-0.2, 0) is 6.54 Å². The molecule has 0 atom stereocenters. The van der Waals surface area contributed by atoms with E-state index < -0.39 is 0 Å². The SMILES string of the molecule is NCc1cccc(C2CCCCC2)c1. The molecule has 1 aliphatic carbocycles. The molecule has 0 heterocycles. The maximum atomic E-state index is 5.65. The Kier molecular flexibility index (Phi) is 3.20. The van der Waals surface area contributed by atoms with Gasteiger partial charge in [0.2, 0.25) is 0 Å². The quantitative estimate of drug-likeness (QED) is 0.759. The van der Waals surface area contributed by atoms with Crippen molar-refractivity contribution in [1.29, 1.82) is 0 Å². The van der Waals surface area contributed by atoms with Crippen LogP contribution in [0.2, 0.25) is 0 Å². The topological polar surface area (TPSA) is 26.0 Å². The first-order valence-electron chi connectivity index (χ1n) is 5.69. The lowest BCUT2D eigenvalue weighted by Gasteiger charge is -2.22. The molecule has 0 amide bonds. The van der Waals surface area contributed by atoms with Gasteiger partial charge in [0.15, 0.2) is 0 Å². The summed E-state index contributed by atoms with van der Waals surface area (Å²) in [5, 5.41) is 0. The van der Waals surface area contributed by atoms with E-state index in [-0.39, 0.29) is 0 Å². The summed E-state index contributed by atoms with van der Waals surface area (Å²) in [5.74, 6) is 0.801. The zero-order valence-electron chi connectivity index (χ0n) is 8.71. The van der Waals surface area contributed by atoms with Crippen molar-refractivity contribution in [3.8, 4) is 0 Å². The lowest BCUT2D eigenvalue weighted by atomic mass is 9.84. The van der Waals surface area contributed by atoms with Crippen LogP contribution in [0.25, 0.3) is 0 Å². The number of rotatable bonds is 2. The van der Waals surface area contributed by atoms with Crippen LogP contribution in [0.15, 0.2) is 24.3 Å². The number of nitrogens with two attached hydrogens (primary N) is 1. The summed E-state index contributed by atoms with van der Waals surface area (Å²) < 4.78 is 0. The minimum absolute atomic E-state index is 0.667. The second kappa shape index (κ2) is 4.61. The van der Waals surface area contributed by atoms with Gasteiger partial charge in [-0.3, -0.25) is 0 Å². The molecule has 1 aliphatic rings. The van der Waals surface area contributed by atoms with Crippen LogP contribution in [0.3, 0.4) is 0 Å². The third-order valence-corrected chi connectivity index (χ3v) is 3.26. The molecule has 76 valence electrons. The summed E-state index contributed by atoms with van der Waals surface area (Å²) in [7, 11) is 0. The van der Waals surface area contributed by atoms with Gasteiger partial charge < -0.3 is 5.73 Å². The maximum Gasteiger partial charge on any atom is 0.0178 e. The van der Waals surface area contributed by atoms with Crippen molar-refractivity contribution in [2.75, 3.05) is 0 Å². The molecule has 0 aliphatic heterocycles. The first-order valence-corrected chi connectivity index (χ1v) is 5.69. The van der Waals surface area contributed by atoms with Crippen molar-refractivity contribution < 1.29 is 0 Å². The fraction of sp³-hybridized carbons (Fsp3) is 0.538. The Hall–Kier alpha value is -0.820. The van der Waals surface area contributed by atoms with Gasteiger partial charge in [-0.05, 0) is 29.9 Å². The summed E-state index contributed by atoms with van der Waals surface area (Å²) >= 11 is 0. The zero-order valence-corrected chi connectivity index (χ0v) is 8.71. The Balaban J connectivity index is 2.13. The second-order valence-electron chi connectivity index (χ2n) is 4.28. The summed E-state index contributed by atoms with van der Waals surface area (Å²) in [6, 6.07) is 8.81. The Labute approximate surface area is 86.3 Å². The lowest BCUT2D eigenvalue weighted by molar-refractivity contribution is 0.443. The Morgan fingerprint density at radius 2 is 1.93 bits per heavy atom. The van der Waals surface area contributed by atoms with Crippen LogP contribution in [0, 0.1) is 0 Å². The second-order valence-corrected chi connectivity index (χ2v) is 4.28. The van der Waals surface area contributed by atoms with Crippen molar-refractivity contribution in [1.82, 2.24) is 0 Å². The van der Waals surface area contributed by atoms with E-state index in [1.54, 1.807) is 0 Å². The van der Waals surface area contributed by atoms with E-state index in [2.05, 4.69) is 24.3 Å². The summed E-state index contributed by atoms with van der Waals surface area (Å²) in [6.45, 7) is 0.667. The summed E-state index contributed by atoms with van der Waals surface area (Å²) in [6.07, 6.45) is 6.96. The van der Waals surface area contributed by atoms with Gasteiger partial charge in [-0.1, -0.05) is 43.5 Å². The van der Waals surface area contributed by atoms with Gasteiger partial charge >= 0.3 is 0 Å². The molecular weight excluding hydrogens is 170 g/mol. The van der Waals surface area contributed by atoms with E-state index in [1.807, 2.05) is 0 Å². The fourth-order valence-corrected chi connectivity index (χ4v) is 2.41.